The van der Waals surface area contributed by atoms with Gasteiger partial charge in [-0.05, 0) is 37.3 Å². The summed E-state index contributed by atoms with van der Waals surface area (Å²) in [7, 11) is 1.71. The number of nitriles is 1. The van der Waals surface area contributed by atoms with Crippen LogP contribution >= 0.6 is 0 Å². The molecule has 3 aromatic heterocycles. The third-order valence-corrected chi connectivity index (χ3v) is 5.50. The number of nitrogens with one attached hydrogen (secondary N) is 2. The van der Waals surface area contributed by atoms with Gasteiger partial charge >= 0.3 is 0 Å². The van der Waals surface area contributed by atoms with Crippen LogP contribution in [0.3, 0.4) is 0 Å². The van der Waals surface area contributed by atoms with Crippen LogP contribution in [0.15, 0.2) is 59.8 Å². The maximum atomic E-state index is 12.6. The molecule has 0 bridgehead atoms. The summed E-state index contributed by atoms with van der Waals surface area (Å²) >= 11 is 0. The second-order valence-corrected chi connectivity index (χ2v) is 7.79. The zero-order valence-corrected chi connectivity index (χ0v) is 19.0. The number of Topliss-reactive ketones (excluding diaryl/α,β-unsaturated/α-hetero) is 1. The van der Waals surface area contributed by atoms with Gasteiger partial charge in [-0.25, -0.2) is 9.97 Å². The molecule has 0 spiro atoms. The fraction of sp³-hybridized carbons (Fsp3) is 0.200. The summed E-state index contributed by atoms with van der Waals surface area (Å²) in [5.41, 5.74) is 3.01. The van der Waals surface area contributed by atoms with Crippen molar-refractivity contribution in [2.45, 2.75) is 26.3 Å². The molecule has 4 rings (SSSR count). The molecular weight excluding hydrogens is 430 g/mol. The third-order valence-electron chi connectivity index (χ3n) is 5.50. The lowest BCUT2D eigenvalue weighted by Gasteiger charge is -2.18. The van der Waals surface area contributed by atoms with Gasteiger partial charge < -0.3 is 15.2 Å². The molecule has 0 amide bonds. The number of carbonyl (C=O) groups is 1. The van der Waals surface area contributed by atoms with Gasteiger partial charge in [-0.15, -0.1) is 0 Å². The Labute approximate surface area is 196 Å². The number of rotatable bonds is 7. The van der Waals surface area contributed by atoms with E-state index >= 15 is 0 Å². The summed E-state index contributed by atoms with van der Waals surface area (Å²) in [6.45, 7) is 3.68. The Bertz CT molecular complexity index is 1470. The number of hydrogen-bond donors (Lipinski definition) is 2. The molecule has 9 heteroatoms. The van der Waals surface area contributed by atoms with Crippen LogP contribution in [0.5, 0.6) is 0 Å². The van der Waals surface area contributed by atoms with E-state index in [9.17, 15) is 14.9 Å². The lowest BCUT2D eigenvalue weighted by molar-refractivity contribution is 0.0983. The highest BCUT2D eigenvalue weighted by Gasteiger charge is 2.14. The highest BCUT2D eigenvalue weighted by atomic mass is 16.1. The van der Waals surface area contributed by atoms with Crippen molar-refractivity contribution in [3.05, 3.63) is 82.4 Å². The lowest BCUT2D eigenvalue weighted by Crippen LogP contribution is -2.19. The Kier molecular flexibility index (Phi) is 6.32. The minimum absolute atomic E-state index is 0.107. The quantitative estimate of drug-likeness (QED) is 0.401. The molecule has 2 N–H and O–H groups in total. The van der Waals surface area contributed by atoms with Crippen LogP contribution in [0.25, 0.3) is 10.9 Å². The Morgan fingerprint density at radius 3 is 2.62 bits per heavy atom. The summed E-state index contributed by atoms with van der Waals surface area (Å²) in [4.78, 5) is 37.3. The molecule has 0 aliphatic carbocycles. The maximum Gasteiger partial charge on any atom is 0.252 e. The number of nitrogens with zero attached hydrogens (tertiary/aromatic N) is 5. The predicted octanol–water partition coefficient (Wildman–Crippen LogP) is 4.10. The second-order valence-electron chi connectivity index (χ2n) is 7.79. The fourth-order valence-electron chi connectivity index (χ4n) is 3.63. The van der Waals surface area contributed by atoms with Crippen LogP contribution in [-0.2, 0) is 7.05 Å². The van der Waals surface area contributed by atoms with Crippen LogP contribution in [-0.4, -0.2) is 25.3 Å². The zero-order valence-electron chi connectivity index (χ0n) is 19.0. The first-order chi connectivity index (χ1) is 16.4. The molecule has 170 valence electrons. The van der Waals surface area contributed by atoms with Crippen LogP contribution in [0.4, 0.5) is 17.1 Å². The number of aryl methyl sites for hydroxylation is 1. The molecule has 34 heavy (non-hydrogen) atoms. The van der Waals surface area contributed by atoms with E-state index in [4.69, 9.17) is 0 Å². The average Bonchev–Trinajstić information content (AvgIpc) is 2.87. The Morgan fingerprint density at radius 2 is 1.91 bits per heavy atom. The molecule has 0 aliphatic heterocycles. The minimum Gasteiger partial charge on any atom is -0.375 e. The lowest BCUT2D eigenvalue weighted by atomic mass is 10.1. The number of hydrogen-bond acceptors (Lipinski definition) is 8. The van der Waals surface area contributed by atoms with Crippen molar-refractivity contribution >= 4 is 33.7 Å². The van der Waals surface area contributed by atoms with E-state index in [0.29, 0.717) is 40.6 Å². The Morgan fingerprint density at radius 1 is 1.15 bits per heavy atom. The van der Waals surface area contributed by atoms with Gasteiger partial charge in [0.15, 0.2) is 5.78 Å². The normalized spacial score (nSPS) is 11.6. The molecule has 0 saturated carbocycles. The molecule has 1 atom stereocenters. The van der Waals surface area contributed by atoms with Gasteiger partial charge in [0, 0.05) is 54.9 Å². The van der Waals surface area contributed by atoms with E-state index < -0.39 is 0 Å². The molecule has 1 unspecified atom stereocenters. The number of pyridine rings is 2. The van der Waals surface area contributed by atoms with Crippen molar-refractivity contribution in [1.29, 1.82) is 5.26 Å². The van der Waals surface area contributed by atoms with Gasteiger partial charge in [0.2, 0.25) is 0 Å². The number of fused-ring (bicyclic) bond motifs is 1. The number of aromatic nitrogens is 4. The summed E-state index contributed by atoms with van der Waals surface area (Å²) in [6.07, 6.45) is 5.05. The maximum absolute atomic E-state index is 12.6. The summed E-state index contributed by atoms with van der Waals surface area (Å²) in [5, 5.41) is 16.9. The molecule has 4 aromatic rings. The molecule has 9 nitrogen and oxygen atoms in total. The van der Waals surface area contributed by atoms with E-state index in [1.807, 2.05) is 25.1 Å². The summed E-state index contributed by atoms with van der Waals surface area (Å²) in [6, 6.07) is 12.3. The Balaban J connectivity index is 1.76. The van der Waals surface area contributed by atoms with Crippen molar-refractivity contribution in [3.8, 4) is 6.07 Å². The highest BCUT2D eigenvalue weighted by Crippen LogP contribution is 2.29. The van der Waals surface area contributed by atoms with E-state index in [1.54, 1.807) is 43.1 Å². The van der Waals surface area contributed by atoms with Crippen molar-refractivity contribution < 1.29 is 4.79 Å². The average molecular weight is 454 g/mol. The Hall–Kier alpha value is -4.58. The molecule has 3 heterocycles. The van der Waals surface area contributed by atoms with Gasteiger partial charge in [-0.1, -0.05) is 6.92 Å². The van der Waals surface area contributed by atoms with Crippen molar-refractivity contribution in [2.75, 3.05) is 10.6 Å². The van der Waals surface area contributed by atoms with Crippen LogP contribution < -0.4 is 16.2 Å². The van der Waals surface area contributed by atoms with Crippen LogP contribution in [0, 0.1) is 11.3 Å². The molecular formula is C25H23N7O2. The molecule has 1 aromatic carbocycles. The number of ketones is 1. The van der Waals surface area contributed by atoms with Gasteiger partial charge in [0.05, 0.1) is 22.8 Å². The topological polar surface area (TPSA) is 126 Å². The number of anilines is 3. The summed E-state index contributed by atoms with van der Waals surface area (Å²) in [5.74, 6) is 0.499. The first kappa shape index (κ1) is 22.6. The van der Waals surface area contributed by atoms with E-state index in [0.717, 1.165) is 10.9 Å². The molecule has 0 radical (unpaired) electrons. The van der Waals surface area contributed by atoms with Crippen molar-refractivity contribution in [3.63, 3.8) is 0 Å². The highest BCUT2D eigenvalue weighted by molar-refractivity contribution is 5.96. The predicted molar refractivity (Wildman–Crippen MR) is 130 cm³/mol. The van der Waals surface area contributed by atoms with Crippen molar-refractivity contribution in [1.82, 2.24) is 19.5 Å². The van der Waals surface area contributed by atoms with E-state index in [1.165, 1.54) is 12.3 Å². The first-order valence-corrected chi connectivity index (χ1v) is 10.8. The number of benzene rings is 1. The molecule has 0 aliphatic rings. The molecule has 0 saturated heterocycles. The van der Waals surface area contributed by atoms with E-state index in [-0.39, 0.29) is 17.4 Å². The SMILES string of the molecule is CCC(=O)c1cc(Nc2ccc3c(c2)c(NC(C)c2ncccn2)cc(=O)n3C)c(C#N)cn1. The monoisotopic (exact) mass is 453 g/mol. The fourth-order valence-corrected chi connectivity index (χ4v) is 3.63. The smallest absolute Gasteiger partial charge is 0.252 e. The standard InChI is InChI=1S/C25H23N7O2/c1-4-23(33)21-11-19(16(13-26)14-29-21)31-17-6-7-22-18(10-17)20(12-24(34)32(22)3)30-15(2)25-27-8-5-9-28-25/h5-12,14-15,30H,4H2,1-3H3,(H,29,31). The number of carbonyl (C=O) groups excluding carboxylic acids is 1. The third kappa shape index (κ3) is 4.47. The second kappa shape index (κ2) is 9.50. The van der Waals surface area contributed by atoms with Gasteiger partial charge in [0.25, 0.3) is 5.56 Å². The molecule has 0 fully saturated rings. The van der Waals surface area contributed by atoms with Gasteiger partial charge in [-0.3, -0.25) is 14.6 Å². The zero-order chi connectivity index (χ0) is 24.2. The van der Waals surface area contributed by atoms with Crippen LogP contribution in [0.2, 0.25) is 0 Å². The van der Waals surface area contributed by atoms with Crippen LogP contribution in [0.1, 0.15) is 48.2 Å². The van der Waals surface area contributed by atoms with E-state index in [2.05, 4.69) is 31.7 Å². The summed E-state index contributed by atoms with van der Waals surface area (Å²) < 4.78 is 1.57. The minimum atomic E-state index is -0.235. The van der Waals surface area contributed by atoms with Crippen molar-refractivity contribution in [2.24, 2.45) is 7.05 Å². The largest absolute Gasteiger partial charge is 0.375 e. The van der Waals surface area contributed by atoms with Gasteiger partial charge in [-0.2, -0.15) is 5.26 Å². The first-order valence-electron chi connectivity index (χ1n) is 10.8. The van der Waals surface area contributed by atoms with Gasteiger partial charge in [0.1, 0.15) is 17.6 Å².